The number of hydrogen-bond donors (Lipinski definition) is 1. The summed E-state index contributed by atoms with van der Waals surface area (Å²) in [6.45, 7) is 9.40. The maximum atomic E-state index is 12.3. The Labute approximate surface area is 146 Å². The molecular weight excluding hydrogens is 318 g/mol. The number of rotatable bonds is 4. The molecule has 0 atom stereocenters. The fourth-order valence-electron chi connectivity index (χ4n) is 3.25. The van der Waals surface area contributed by atoms with Crippen molar-refractivity contribution in [3.63, 3.8) is 0 Å². The van der Waals surface area contributed by atoms with Gasteiger partial charge in [0.15, 0.2) is 5.16 Å². The summed E-state index contributed by atoms with van der Waals surface area (Å²) in [4.78, 5) is 23.2. The number of nitrogens with zero attached hydrogens (tertiary/aromatic N) is 2. The molecule has 1 aromatic carbocycles. The lowest BCUT2D eigenvalue weighted by Gasteiger charge is -2.22. The van der Waals surface area contributed by atoms with E-state index < -0.39 is 0 Å². The first-order valence-corrected chi connectivity index (χ1v) is 9.36. The van der Waals surface area contributed by atoms with Crippen molar-refractivity contribution in [1.29, 1.82) is 0 Å². The van der Waals surface area contributed by atoms with E-state index in [0.717, 1.165) is 31.4 Å². The van der Waals surface area contributed by atoms with E-state index in [9.17, 15) is 4.79 Å². The minimum Gasteiger partial charge on any atom is -0.311 e. The predicted octanol–water partition coefficient (Wildman–Crippen LogP) is 4.97. The van der Waals surface area contributed by atoms with Crippen LogP contribution in [0.15, 0.2) is 34.2 Å². The minimum absolute atomic E-state index is 0.182. The van der Waals surface area contributed by atoms with Crippen LogP contribution in [0.1, 0.15) is 54.8 Å². The van der Waals surface area contributed by atoms with Crippen molar-refractivity contribution in [1.82, 2.24) is 9.97 Å². The number of hydrogen-bond acceptors (Lipinski definition) is 3. The maximum Gasteiger partial charge on any atom is 0.271 e. The molecule has 0 radical (unpaired) electrons. The molecule has 3 rings (SSSR count). The monoisotopic (exact) mass is 339 g/mol. The number of H-pyrrole nitrogens is 1. The van der Waals surface area contributed by atoms with Gasteiger partial charge in [0.1, 0.15) is 0 Å². The number of aromatic amines is 1. The van der Waals surface area contributed by atoms with Gasteiger partial charge in [0.2, 0.25) is 0 Å². The largest absolute Gasteiger partial charge is 0.311 e. The van der Waals surface area contributed by atoms with Crippen molar-refractivity contribution in [3.05, 3.63) is 62.9 Å². The minimum atomic E-state index is -0.299. The van der Waals surface area contributed by atoms with Crippen LogP contribution in [0.2, 0.25) is 0 Å². The summed E-state index contributed by atoms with van der Waals surface area (Å²) in [7, 11) is 0. The van der Waals surface area contributed by atoms with Gasteiger partial charge >= 0.3 is 0 Å². The summed E-state index contributed by atoms with van der Waals surface area (Å²) in [5.41, 5.74) is 3.02. The molecule has 1 saturated carbocycles. The van der Waals surface area contributed by atoms with Crippen LogP contribution in [0.25, 0.3) is 4.85 Å². The fourth-order valence-corrected chi connectivity index (χ4v) is 4.06. The molecule has 0 saturated heterocycles. The molecule has 0 unspecified atom stereocenters. The van der Waals surface area contributed by atoms with E-state index in [2.05, 4.69) is 39.9 Å². The van der Waals surface area contributed by atoms with Crippen LogP contribution >= 0.6 is 11.8 Å². The Kier molecular flexibility index (Phi) is 5.37. The molecule has 0 spiro atoms. The number of thioether (sulfide) groups is 1. The predicted molar refractivity (Wildman–Crippen MR) is 97.7 cm³/mol. The molecular formula is C19H21N3OS. The van der Waals surface area contributed by atoms with Gasteiger partial charge in [0, 0.05) is 5.75 Å². The van der Waals surface area contributed by atoms with E-state index in [1.165, 1.54) is 29.3 Å². The first-order valence-electron chi connectivity index (χ1n) is 8.37. The van der Waals surface area contributed by atoms with Crippen LogP contribution in [-0.4, -0.2) is 9.97 Å². The smallest absolute Gasteiger partial charge is 0.271 e. The molecule has 124 valence electrons. The van der Waals surface area contributed by atoms with Crippen molar-refractivity contribution in [2.45, 2.75) is 55.9 Å². The topological polar surface area (TPSA) is 50.1 Å². The molecule has 2 aromatic rings. The number of nitrogens with one attached hydrogen (secondary N) is 1. The third-order valence-corrected chi connectivity index (χ3v) is 5.41. The number of aromatic nitrogens is 2. The van der Waals surface area contributed by atoms with Crippen molar-refractivity contribution < 1.29 is 0 Å². The summed E-state index contributed by atoms with van der Waals surface area (Å²) in [5, 5.41) is 0.620. The van der Waals surface area contributed by atoms with Crippen molar-refractivity contribution in [2.24, 2.45) is 0 Å². The van der Waals surface area contributed by atoms with Gasteiger partial charge in [-0.2, -0.15) is 0 Å². The second-order valence-electron chi connectivity index (χ2n) is 6.33. The van der Waals surface area contributed by atoms with E-state index in [0.29, 0.717) is 10.9 Å². The highest BCUT2D eigenvalue weighted by Crippen LogP contribution is 2.35. The van der Waals surface area contributed by atoms with Crippen molar-refractivity contribution in [3.8, 4) is 0 Å². The highest BCUT2D eigenvalue weighted by Gasteiger charge is 2.23. The van der Waals surface area contributed by atoms with Gasteiger partial charge in [0.25, 0.3) is 11.2 Å². The van der Waals surface area contributed by atoms with Crippen molar-refractivity contribution in [2.75, 3.05) is 0 Å². The molecule has 0 aliphatic heterocycles. The Bertz CT molecular complexity index is 816. The zero-order valence-corrected chi connectivity index (χ0v) is 14.7. The van der Waals surface area contributed by atoms with Gasteiger partial charge in [0.05, 0.1) is 12.3 Å². The Hall–Kier alpha value is -2.06. The van der Waals surface area contributed by atoms with Crippen LogP contribution in [0, 0.1) is 13.5 Å². The molecule has 1 heterocycles. The van der Waals surface area contributed by atoms with Gasteiger partial charge in [-0.15, -0.1) is 0 Å². The van der Waals surface area contributed by atoms with Crippen LogP contribution in [0.4, 0.5) is 5.69 Å². The maximum absolute atomic E-state index is 12.3. The Morgan fingerprint density at radius 1 is 1.33 bits per heavy atom. The quantitative estimate of drug-likeness (QED) is 0.486. The van der Waals surface area contributed by atoms with E-state index in [1.54, 1.807) is 0 Å². The lowest BCUT2D eigenvalue weighted by molar-refractivity contribution is 0.435. The van der Waals surface area contributed by atoms with E-state index in [1.807, 2.05) is 6.07 Å². The standard InChI is InChI=1S/C19H21N3OS/c1-13-7-6-8-14(11-13)12-24-19-21-16(15-9-4-3-5-10-15)17(20-2)18(23)22-19/h6-8,11,15H,3-5,9-10,12H2,1H3,(H,21,22,23). The molecule has 5 heteroatoms. The Morgan fingerprint density at radius 2 is 2.12 bits per heavy atom. The molecule has 4 nitrogen and oxygen atoms in total. The van der Waals surface area contributed by atoms with Gasteiger partial charge < -0.3 is 4.98 Å². The highest BCUT2D eigenvalue weighted by atomic mass is 32.2. The molecule has 24 heavy (non-hydrogen) atoms. The van der Waals surface area contributed by atoms with E-state index >= 15 is 0 Å². The molecule has 0 amide bonds. The third kappa shape index (κ3) is 3.88. The highest BCUT2D eigenvalue weighted by molar-refractivity contribution is 7.98. The lowest BCUT2D eigenvalue weighted by atomic mass is 9.86. The van der Waals surface area contributed by atoms with Crippen LogP contribution in [0.5, 0.6) is 0 Å². The Balaban J connectivity index is 1.84. The van der Waals surface area contributed by atoms with Gasteiger partial charge in [-0.25, -0.2) is 9.83 Å². The average Bonchev–Trinajstić information content (AvgIpc) is 2.60. The average molecular weight is 339 g/mol. The molecule has 1 aliphatic carbocycles. The molecule has 1 aliphatic rings. The molecule has 1 aromatic heterocycles. The second kappa shape index (κ2) is 7.67. The summed E-state index contributed by atoms with van der Waals surface area (Å²) in [6, 6.07) is 8.32. The van der Waals surface area contributed by atoms with E-state index in [4.69, 9.17) is 6.57 Å². The van der Waals surface area contributed by atoms with E-state index in [-0.39, 0.29) is 17.2 Å². The summed E-state index contributed by atoms with van der Waals surface area (Å²) in [5.74, 6) is 1.01. The zero-order chi connectivity index (χ0) is 16.9. The van der Waals surface area contributed by atoms with Gasteiger partial charge in [-0.1, -0.05) is 60.9 Å². The molecule has 0 bridgehead atoms. The Morgan fingerprint density at radius 3 is 2.83 bits per heavy atom. The zero-order valence-electron chi connectivity index (χ0n) is 13.8. The van der Waals surface area contributed by atoms with Gasteiger partial charge in [-0.05, 0) is 31.2 Å². The normalized spacial score (nSPS) is 15.2. The molecule has 1 fully saturated rings. The second-order valence-corrected chi connectivity index (χ2v) is 7.29. The van der Waals surface area contributed by atoms with Crippen molar-refractivity contribution >= 4 is 17.4 Å². The van der Waals surface area contributed by atoms with Crippen LogP contribution in [-0.2, 0) is 5.75 Å². The number of benzene rings is 1. The third-order valence-electron chi connectivity index (χ3n) is 4.46. The van der Waals surface area contributed by atoms with Crippen LogP contribution < -0.4 is 5.56 Å². The summed E-state index contributed by atoms with van der Waals surface area (Å²) < 4.78 is 0. The lowest BCUT2D eigenvalue weighted by Crippen LogP contribution is -2.15. The fraction of sp³-hybridized carbons (Fsp3) is 0.421. The van der Waals surface area contributed by atoms with Crippen LogP contribution in [0.3, 0.4) is 0 Å². The number of aryl methyl sites for hydroxylation is 1. The van der Waals surface area contributed by atoms with Gasteiger partial charge in [-0.3, -0.25) is 4.79 Å². The summed E-state index contributed by atoms with van der Waals surface area (Å²) in [6.07, 6.45) is 5.61. The molecule has 1 N–H and O–H groups in total. The summed E-state index contributed by atoms with van der Waals surface area (Å²) >= 11 is 1.52. The first-order chi connectivity index (χ1) is 11.7. The first kappa shape index (κ1) is 16.8. The SMILES string of the molecule is [C-]#[N+]c1c(C2CCCCC2)nc(SCc2cccc(C)c2)[nH]c1=O.